The molecule has 1 N–H and O–H groups in total. The second-order valence-corrected chi connectivity index (χ2v) is 8.62. The first-order valence-corrected chi connectivity index (χ1v) is 11.5. The zero-order chi connectivity index (χ0) is 21.3. The largest absolute Gasteiger partial charge is 0.469 e. The fraction of sp³-hybridized carbons (Fsp3) is 0.417. The van der Waals surface area contributed by atoms with E-state index < -0.39 is 0 Å². The minimum Gasteiger partial charge on any atom is -0.469 e. The van der Waals surface area contributed by atoms with Gasteiger partial charge in [-0.05, 0) is 49.4 Å². The summed E-state index contributed by atoms with van der Waals surface area (Å²) in [6.45, 7) is 6.45. The maximum atomic E-state index is 6.49. The number of halogens is 2. The van der Waals surface area contributed by atoms with E-state index in [9.17, 15) is 0 Å². The number of fused-ring (bicyclic) bond motifs is 1. The summed E-state index contributed by atoms with van der Waals surface area (Å²) in [5.74, 6) is 2.49. The van der Waals surface area contributed by atoms with Crippen LogP contribution in [0.5, 0.6) is 0 Å². The number of anilines is 1. The van der Waals surface area contributed by atoms with Crippen LogP contribution in [-0.2, 0) is 19.3 Å². The van der Waals surface area contributed by atoms with Crippen LogP contribution in [0.3, 0.4) is 0 Å². The Morgan fingerprint density at radius 1 is 1.07 bits per heavy atom. The van der Waals surface area contributed by atoms with Crippen molar-refractivity contribution in [3.63, 3.8) is 0 Å². The standard InChI is InChI=1S/C24H27Cl2N3O/c1-4-14-7-10-21-17(11-12-30-21)22(14)29-24-20(6-3)27-23(19(5-2)28-24)16-9-8-15(25)13-18(16)26/h8-9,11-14,22H,4-7,10H2,1-3H3,(H,28,29)/t14?,22-/m1/s1. The second kappa shape index (κ2) is 8.99. The summed E-state index contributed by atoms with van der Waals surface area (Å²) in [5.41, 5.74) is 4.82. The molecule has 2 atom stereocenters. The summed E-state index contributed by atoms with van der Waals surface area (Å²) >= 11 is 12.6. The summed E-state index contributed by atoms with van der Waals surface area (Å²) in [6.07, 6.45) is 6.56. The number of furan rings is 1. The highest BCUT2D eigenvalue weighted by Crippen LogP contribution is 2.40. The minimum absolute atomic E-state index is 0.187. The van der Waals surface area contributed by atoms with Crippen molar-refractivity contribution >= 4 is 29.0 Å². The number of hydrogen-bond acceptors (Lipinski definition) is 4. The highest BCUT2D eigenvalue weighted by molar-refractivity contribution is 6.36. The first kappa shape index (κ1) is 21.2. The van der Waals surface area contributed by atoms with Crippen LogP contribution in [0.25, 0.3) is 11.3 Å². The Bertz CT molecular complexity index is 1050. The number of nitrogens with one attached hydrogen (secondary N) is 1. The van der Waals surface area contributed by atoms with Crippen LogP contribution in [-0.4, -0.2) is 9.97 Å². The van der Waals surface area contributed by atoms with Gasteiger partial charge < -0.3 is 9.73 Å². The lowest BCUT2D eigenvalue weighted by molar-refractivity contribution is 0.354. The lowest BCUT2D eigenvalue weighted by Crippen LogP contribution is -2.27. The third-order valence-electron chi connectivity index (χ3n) is 6.04. The van der Waals surface area contributed by atoms with Gasteiger partial charge in [0.15, 0.2) is 0 Å². The third-order valence-corrected chi connectivity index (χ3v) is 6.59. The molecule has 0 amide bonds. The van der Waals surface area contributed by atoms with E-state index in [4.69, 9.17) is 37.6 Å². The van der Waals surface area contributed by atoms with Gasteiger partial charge in [0, 0.05) is 22.6 Å². The van der Waals surface area contributed by atoms with Gasteiger partial charge >= 0.3 is 0 Å². The number of aromatic nitrogens is 2. The lowest BCUT2D eigenvalue weighted by atomic mass is 9.81. The summed E-state index contributed by atoms with van der Waals surface area (Å²) in [6, 6.07) is 7.80. The van der Waals surface area contributed by atoms with Gasteiger partial charge in [-0.2, -0.15) is 0 Å². The predicted octanol–water partition coefficient (Wildman–Crippen LogP) is 7.29. The molecule has 0 aliphatic heterocycles. The summed E-state index contributed by atoms with van der Waals surface area (Å²) < 4.78 is 5.72. The van der Waals surface area contributed by atoms with E-state index in [1.807, 2.05) is 12.1 Å². The van der Waals surface area contributed by atoms with Crippen LogP contribution < -0.4 is 5.32 Å². The molecule has 1 aliphatic rings. The van der Waals surface area contributed by atoms with Crippen molar-refractivity contribution in [2.45, 2.75) is 58.9 Å². The van der Waals surface area contributed by atoms with Gasteiger partial charge in [0.05, 0.1) is 34.4 Å². The summed E-state index contributed by atoms with van der Waals surface area (Å²) in [5, 5.41) is 4.94. The van der Waals surface area contributed by atoms with Gasteiger partial charge in [-0.3, -0.25) is 0 Å². The molecule has 0 saturated carbocycles. The molecule has 2 heterocycles. The maximum Gasteiger partial charge on any atom is 0.148 e. The Balaban J connectivity index is 1.76. The molecule has 1 aliphatic carbocycles. The average Bonchev–Trinajstić information content (AvgIpc) is 3.23. The third kappa shape index (κ3) is 3.95. The molecule has 6 heteroatoms. The van der Waals surface area contributed by atoms with Gasteiger partial charge in [0.2, 0.25) is 0 Å². The molecule has 3 aromatic rings. The molecule has 4 rings (SSSR count). The molecule has 30 heavy (non-hydrogen) atoms. The fourth-order valence-corrected chi connectivity index (χ4v) is 4.86. The van der Waals surface area contributed by atoms with Crippen LogP contribution >= 0.6 is 23.2 Å². The van der Waals surface area contributed by atoms with E-state index in [2.05, 4.69) is 32.2 Å². The molecule has 0 saturated heterocycles. The van der Waals surface area contributed by atoms with E-state index in [1.54, 1.807) is 12.3 Å². The number of rotatable bonds is 6. The molecule has 1 unspecified atom stereocenters. The Kier molecular flexibility index (Phi) is 6.35. The van der Waals surface area contributed by atoms with Gasteiger partial charge in [0.25, 0.3) is 0 Å². The second-order valence-electron chi connectivity index (χ2n) is 7.77. The minimum atomic E-state index is 0.187. The molecule has 158 valence electrons. The van der Waals surface area contributed by atoms with Crippen LogP contribution in [0.2, 0.25) is 10.0 Å². The molecule has 0 bridgehead atoms. The zero-order valence-corrected chi connectivity index (χ0v) is 19.1. The van der Waals surface area contributed by atoms with Crippen molar-refractivity contribution in [3.05, 3.63) is 63.3 Å². The van der Waals surface area contributed by atoms with E-state index >= 15 is 0 Å². The first-order valence-electron chi connectivity index (χ1n) is 10.7. The summed E-state index contributed by atoms with van der Waals surface area (Å²) in [4.78, 5) is 10.0. The molecule has 0 fully saturated rings. The van der Waals surface area contributed by atoms with Gasteiger partial charge in [0.1, 0.15) is 11.6 Å². The lowest BCUT2D eigenvalue weighted by Gasteiger charge is -2.32. The molecule has 0 radical (unpaired) electrons. The topological polar surface area (TPSA) is 51.0 Å². The van der Waals surface area contributed by atoms with Crippen molar-refractivity contribution in [3.8, 4) is 11.3 Å². The number of aryl methyl sites for hydroxylation is 3. The highest BCUT2D eigenvalue weighted by atomic mass is 35.5. The van der Waals surface area contributed by atoms with Crippen molar-refractivity contribution < 1.29 is 4.42 Å². The van der Waals surface area contributed by atoms with E-state index in [1.165, 1.54) is 5.56 Å². The van der Waals surface area contributed by atoms with Gasteiger partial charge in [-0.15, -0.1) is 0 Å². The predicted molar refractivity (Wildman–Crippen MR) is 123 cm³/mol. The Hall–Kier alpha value is -2.04. The summed E-state index contributed by atoms with van der Waals surface area (Å²) in [7, 11) is 0. The quantitative estimate of drug-likeness (QED) is 0.434. The van der Waals surface area contributed by atoms with Crippen molar-refractivity contribution in [1.82, 2.24) is 9.97 Å². The number of benzene rings is 1. The monoisotopic (exact) mass is 443 g/mol. The van der Waals surface area contributed by atoms with Crippen LogP contribution in [0.4, 0.5) is 5.82 Å². The first-order chi connectivity index (χ1) is 14.5. The van der Waals surface area contributed by atoms with Gasteiger partial charge in [-0.25, -0.2) is 9.97 Å². The number of nitrogens with zero attached hydrogens (tertiary/aromatic N) is 2. The molecule has 2 aromatic heterocycles. The Labute approximate surface area is 188 Å². The normalized spacial score (nSPS) is 18.3. The molecular formula is C24H27Cl2N3O. The Morgan fingerprint density at radius 2 is 1.87 bits per heavy atom. The SMILES string of the molecule is CCc1nc(-c2ccc(Cl)cc2Cl)c(CC)nc1N[C@H]1c2ccoc2CCC1CC. The van der Waals surface area contributed by atoms with E-state index in [-0.39, 0.29) is 6.04 Å². The smallest absolute Gasteiger partial charge is 0.148 e. The molecule has 4 nitrogen and oxygen atoms in total. The average molecular weight is 444 g/mol. The van der Waals surface area contributed by atoms with E-state index in [0.717, 1.165) is 66.3 Å². The van der Waals surface area contributed by atoms with Crippen LogP contribution in [0.1, 0.15) is 62.4 Å². The van der Waals surface area contributed by atoms with E-state index in [0.29, 0.717) is 16.0 Å². The number of hydrogen-bond donors (Lipinski definition) is 1. The highest BCUT2D eigenvalue weighted by Gasteiger charge is 2.31. The van der Waals surface area contributed by atoms with Crippen LogP contribution in [0, 0.1) is 5.92 Å². The molecule has 0 spiro atoms. The fourth-order valence-electron chi connectivity index (χ4n) is 4.36. The van der Waals surface area contributed by atoms with Crippen molar-refractivity contribution in [2.75, 3.05) is 5.32 Å². The zero-order valence-electron chi connectivity index (χ0n) is 17.6. The van der Waals surface area contributed by atoms with Crippen LogP contribution in [0.15, 0.2) is 34.9 Å². The Morgan fingerprint density at radius 3 is 2.57 bits per heavy atom. The van der Waals surface area contributed by atoms with Gasteiger partial charge in [-0.1, -0.05) is 50.4 Å². The molecular weight excluding hydrogens is 417 g/mol. The molecule has 1 aromatic carbocycles. The maximum absolute atomic E-state index is 6.49. The van der Waals surface area contributed by atoms with Crippen molar-refractivity contribution in [2.24, 2.45) is 5.92 Å². The van der Waals surface area contributed by atoms with Crippen molar-refractivity contribution in [1.29, 1.82) is 0 Å².